The third-order valence-corrected chi connectivity index (χ3v) is 8.21. The summed E-state index contributed by atoms with van der Waals surface area (Å²) in [6.45, 7) is 6.95. The molecule has 0 aliphatic heterocycles. The van der Waals surface area contributed by atoms with Gasteiger partial charge < -0.3 is 0 Å². The highest BCUT2D eigenvalue weighted by atomic mass is 31.2. The molecule has 0 fully saturated rings. The maximum Gasteiger partial charge on any atom is 0.102 e. The largest absolute Gasteiger partial charge is 0.261 e. The topological polar surface area (TPSA) is 12.0 Å². The van der Waals surface area contributed by atoms with Gasteiger partial charge >= 0.3 is 0 Å². The monoisotopic (exact) mass is 294 g/mol. The van der Waals surface area contributed by atoms with Crippen LogP contribution in [0.1, 0.15) is 59.3 Å². The molecule has 1 aromatic carbocycles. The minimum atomic E-state index is -1.02. The first kappa shape index (κ1) is 17.5. The van der Waals surface area contributed by atoms with Gasteiger partial charge in [0.2, 0.25) is 0 Å². The van der Waals surface area contributed by atoms with Gasteiger partial charge in [-0.05, 0) is 31.4 Å². The van der Waals surface area contributed by atoms with Gasteiger partial charge in [0.05, 0.1) is 24.2 Å². The van der Waals surface area contributed by atoms with E-state index in [2.05, 4.69) is 56.2 Å². The molecule has 1 N–H and O–H groups in total. The third-order valence-electron chi connectivity index (χ3n) is 3.96. The molecule has 2 heteroatoms. The van der Waals surface area contributed by atoms with Gasteiger partial charge in [-0.2, -0.15) is 0 Å². The fourth-order valence-electron chi connectivity index (χ4n) is 2.67. The molecular weight excluding hydrogens is 261 g/mol. The van der Waals surface area contributed by atoms with Crippen LogP contribution in [0.5, 0.6) is 0 Å². The van der Waals surface area contributed by atoms with Crippen molar-refractivity contribution in [3.8, 4) is 0 Å². The van der Waals surface area contributed by atoms with Crippen LogP contribution in [-0.4, -0.2) is 18.5 Å². The SMILES string of the molecule is CCCC[P+](CCCC)(CCCC)Nc1ccccc1. The van der Waals surface area contributed by atoms with Gasteiger partial charge in [-0.15, -0.1) is 0 Å². The average molecular weight is 294 g/mol. The van der Waals surface area contributed by atoms with Crippen LogP contribution in [0.4, 0.5) is 5.69 Å². The van der Waals surface area contributed by atoms with Crippen LogP contribution >= 0.6 is 7.41 Å². The number of nitrogens with one attached hydrogen (secondary N) is 1. The lowest BCUT2D eigenvalue weighted by atomic mass is 10.3. The molecule has 0 radical (unpaired) electrons. The molecule has 0 heterocycles. The molecule has 0 atom stereocenters. The molecule has 1 aromatic rings. The zero-order valence-corrected chi connectivity index (χ0v) is 14.6. The normalized spacial score (nSPS) is 11.6. The summed E-state index contributed by atoms with van der Waals surface area (Å²) in [6.07, 6.45) is 12.3. The molecule has 0 aromatic heterocycles. The lowest BCUT2D eigenvalue weighted by Gasteiger charge is -2.29. The Bertz CT molecular complexity index is 315. The highest BCUT2D eigenvalue weighted by Gasteiger charge is 2.35. The molecular formula is C18H33NP+. The number of rotatable bonds is 11. The molecule has 0 aliphatic rings. The molecule has 0 aliphatic carbocycles. The van der Waals surface area contributed by atoms with E-state index in [1.165, 1.54) is 62.7 Å². The average Bonchev–Trinajstić information content (AvgIpc) is 2.49. The van der Waals surface area contributed by atoms with E-state index in [0.29, 0.717) is 0 Å². The predicted molar refractivity (Wildman–Crippen MR) is 96.3 cm³/mol. The van der Waals surface area contributed by atoms with Crippen molar-refractivity contribution in [3.63, 3.8) is 0 Å². The lowest BCUT2D eigenvalue weighted by Crippen LogP contribution is -2.16. The van der Waals surface area contributed by atoms with E-state index in [9.17, 15) is 0 Å². The van der Waals surface area contributed by atoms with Crippen molar-refractivity contribution in [3.05, 3.63) is 30.3 Å². The van der Waals surface area contributed by atoms with Crippen LogP contribution < -0.4 is 5.09 Å². The predicted octanol–water partition coefficient (Wildman–Crippen LogP) is 6.43. The second kappa shape index (κ2) is 10.2. The Hall–Kier alpha value is -0.550. The summed E-state index contributed by atoms with van der Waals surface area (Å²) >= 11 is 0. The van der Waals surface area contributed by atoms with Crippen molar-refractivity contribution in [2.75, 3.05) is 23.6 Å². The molecule has 1 rings (SSSR count). The van der Waals surface area contributed by atoms with E-state index in [0.717, 1.165) is 0 Å². The first-order chi connectivity index (χ1) is 9.76. The van der Waals surface area contributed by atoms with E-state index in [4.69, 9.17) is 0 Å². The van der Waals surface area contributed by atoms with Gasteiger partial charge in [-0.3, -0.25) is 5.09 Å². The first-order valence-electron chi connectivity index (χ1n) is 8.45. The van der Waals surface area contributed by atoms with Gasteiger partial charge in [0.15, 0.2) is 0 Å². The first-order valence-corrected chi connectivity index (χ1v) is 10.8. The summed E-state index contributed by atoms with van der Waals surface area (Å²) in [6, 6.07) is 10.9. The number of hydrogen-bond donors (Lipinski definition) is 1. The summed E-state index contributed by atoms with van der Waals surface area (Å²) in [4.78, 5) is 0. The Morgan fingerprint density at radius 2 is 1.20 bits per heavy atom. The highest BCUT2D eigenvalue weighted by Crippen LogP contribution is 2.59. The van der Waals surface area contributed by atoms with Crippen molar-refractivity contribution >= 4 is 13.1 Å². The summed E-state index contributed by atoms with van der Waals surface area (Å²) in [7, 11) is -1.02. The van der Waals surface area contributed by atoms with Crippen molar-refractivity contribution in [1.29, 1.82) is 0 Å². The van der Waals surface area contributed by atoms with Crippen LogP contribution in [0.2, 0.25) is 0 Å². The van der Waals surface area contributed by atoms with Gasteiger partial charge in [0.1, 0.15) is 7.41 Å². The minimum absolute atomic E-state index is 1.02. The molecule has 0 saturated heterocycles. The molecule has 0 saturated carbocycles. The molecule has 114 valence electrons. The zero-order chi connectivity index (χ0) is 14.7. The Morgan fingerprint density at radius 3 is 1.60 bits per heavy atom. The Morgan fingerprint density at radius 1 is 0.750 bits per heavy atom. The van der Waals surface area contributed by atoms with Crippen LogP contribution in [0, 0.1) is 0 Å². The second-order valence-electron chi connectivity index (χ2n) is 5.85. The standard InChI is InChI=1S/C18H33NP/c1-4-7-15-20(16-8-5-2,17-9-6-3)19-18-13-11-10-12-14-18/h10-14,19H,4-9,15-17H2,1-3H3/q+1. The number of benzene rings is 1. The van der Waals surface area contributed by atoms with Crippen molar-refractivity contribution in [2.45, 2.75) is 59.3 Å². The van der Waals surface area contributed by atoms with Gasteiger partial charge in [0, 0.05) is 0 Å². The molecule has 0 spiro atoms. The molecule has 0 unspecified atom stereocenters. The quantitative estimate of drug-likeness (QED) is 0.464. The van der Waals surface area contributed by atoms with Crippen LogP contribution in [-0.2, 0) is 0 Å². The number of para-hydroxylation sites is 1. The number of unbranched alkanes of at least 4 members (excludes halogenated alkanes) is 3. The second-order valence-corrected chi connectivity index (χ2v) is 9.71. The fraction of sp³-hybridized carbons (Fsp3) is 0.667. The van der Waals surface area contributed by atoms with Crippen LogP contribution in [0.15, 0.2) is 30.3 Å². The Kier molecular flexibility index (Phi) is 8.94. The lowest BCUT2D eigenvalue weighted by molar-refractivity contribution is 0.838. The van der Waals surface area contributed by atoms with Crippen LogP contribution in [0.3, 0.4) is 0 Å². The minimum Gasteiger partial charge on any atom is -0.261 e. The smallest absolute Gasteiger partial charge is 0.102 e. The fourth-order valence-corrected chi connectivity index (χ4v) is 7.14. The van der Waals surface area contributed by atoms with E-state index in [-0.39, 0.29) is 0 Å². The van der Waals surface area contributed by atoms with E-state index >= 15 is 0 Å². The summed E-state index contributed by atoms with van der Waals surface area (Å²) in [5, 5.41) is 4.01. The molecule has 20 heavy (non-hydrogen) atoms. The summed E-state index contributed by atoms with van der Waals surface area (Å²) < 4.78 is 0. The van der Waals surface area contributed by atoms with E-state index in [1.54, 1.807) is 0 Å². The highest BCUT2D eigenvalue weighted by molar-refractivity contribution is 7.77. The van der Waals surface area contributed by atoms with Crippen molar-refractivity contribution in [2.24, 2.45) is 0 Å². The van der Waals surface area contributed by atoms with E-state index < -0.39 is 7.41 Å². The number of anilines is 1. The molecule has 0 bridgehead atoms. The maximum absolute atomic E-state index is 4.01. The van der Waals surface area contributed by atoms with Crippen molar-refractivity contribution in [1.82, 2.24) is 0 Å². The molecule has 0 amide bonds. The van der Waals surface area contributed by atoms with Crippen LogP contribution in [0.25, 0.3) is 0 Å². The summed E-state index contributed by atoms with van der Waals surface area (Å²) in [5.41, 5.74) is 1.34. The van der Waals surface area contributed by atoms with Gasteiger partial charge in [0.25, 0.3) is 0 Å². The van der Waals surface area contributed by atoms with Gasteiger partial charge in [-0.25, -0.2) is 0 Å². The zero-order valence-electron chi connectivity index (χ0n) is 13.7. The maximum atomic E-state index is 4.01. The van der Waals surface area contributed by atoms with Gasteiger partial charge in [-0.1, -0.05) is 58.2 Å². The van der Waals surface area contributed by atoms with Crippen molar-refractivity contribution < 1.29 is 0 Å². The molecule has 1 nitrogen and oxygen atoms in total. The number of hydrogen-bond acceptors (Lipinski definition) is 1. The Labute approximate surface area is 127 Å². The Balaban J connectivity index is 2.81. The third kappa shape index (κ3) is 6.27. The van der Waals surface area contributed by atoms with E-state index in [1.807, 2.05) is 0 Å². The summed E-state index contributed by atoms with van der Waals surface area (Å²) in [5.74, 6) is 0.